The first-order valence-corrected chi connectivity index (χ1v) is 4.20. The van der Waals surface area contributed by atoms with Crippen molar-refractivity contribution in [2.24, 2.45) is 23.2 Å². The van der Waals surface area contributed by atoms with Gasteiger partial charge in [0.25, 0.3) is 0 Å². The summed E-state index contributed by atoms with van der Waals surface area (Å²) in [6, 6.07) is 0. The van der Waals surface area contributed by atoms with E-state index in [9.17, 15) is 4.79 Å². The lowest BCUT2D eigenvalue weighted by molar-refractivity contribution is -0.113. The molecule has 3 aliphatic carbocycles. The summed E-state index contributed by atoms with van der Waals surface area (Å²) in [4.78, 5) is 10.8. The van der Waals surface area contributed by atoms with E-state index in [0.717, 1.165) is 6.42 Å². The minimum atomic E-state index is 0.0498. The number of rotatable bonds is 1. The molecule has 0 aromatic heterocycles. The summed E-state index contributed by atoms with van der Waals surface area (Å²) in [6.07, 6.45) is 11.2. The van der Waals surface area contributed by atoms with Crippen LogP contribution in [0.4, 0.5) is 0 Å². The van der Waals surface area contributed by atoms with E-state index in [1.54, 1.807) is 0 Å². The molecule has 0 spiro atoms. The lowest BCUT2D eigenvalue weighted by atomic mass is 9.83. The molecule has 2 bridgehead atoms. The zero-order chi connectivity index (χ0) is 7.47. The first-order valence-electron chi connectivity index (χ1n) is 4.20. The van der Waals surface area contributed by atoms with Gasteiger partial charge in [0, 0.05) is 5.41 Å². The summed E-state index contributed by atoms with van der Waals surface area (Å²) >= 11 is 0. The van der Waals surface area contributed by atoms with Crippen LogP contribution in [0.25, 0.3) is 0 Å². The SMILES string of the molecule is O=CC12CC3C=CC1C2C=C3. The summed E-state index contributed by atoms with van der Waals surface area (Å²) in [6.45, 7) is 0. The molecule has 0 aromatic rings. The van der Waals surface area contributed by atoms with E-state index in [4.69, 9.17) is 0 Å². The fourth-order valence-electron chi connectivity index (χ4n) is 2.73. The summed E-state index contributed by atoms with van der Waals surface area (Å²) in [5, 5.41) is 0. The molecule has 2 unspecified atom stereocenters. The Kier molecular flexibility index (Phi) is 0.783. The van der Waals surface area contributed by atoms with Crippen LogP contribution >= 0.6 is 0 Å². The lowest BCUT2D eigenvalue weighted by Crippen LogP contribution is -2.16. The Morgan fingerprint density at radius 2 is 1.82 bits per heavy atom. The van der Waals surface area contributed by atoms with Crippen molar-refractivity contribution in [1.29, 1.82) is 0 Å². The number of fused-ring (bicyclic) bond motifs is 2. The van der Waals surface area contributed by atoms with Crippen LogP contribution in [0, 0.1) is 23.2 Å². The summed E-state index contributed by atoms with van der Waals surface area (Å²) < 4.78 is 0. The highest BCUT2D eigenvalue weighted by Crippen LogP contribution is 2.66. The van der Waals surface area contributed by atoms with E-state index < -0.39 is 0 Å². The standard InChI is InChI=1S/C10H10O/c11-6-10-5-7-1-3-8(10)9(10)4-2-7/h1-4,6-9H,5H2. The number of hydrogen-bond donors (Lipinski definition) is 0. The molecule has 1 fully saturated rings. The molecule has 1 saturated carbocycles. The van der Waals surface area contributed by atoms with Gasteiger partial charge in [-0.25, -0.2) is 0 Å². The van der Waals surface area contributed by atoms with E-state index in [1.807, 2.05) is 0 Å². The van der Waals surface area contributed by atoms with E-state index >= 15 is 0 Å². The van der Waals surface area contributed by atoms with Gasteiger partial charge in [0.15, 0.2) is 0 Å². The molecule has 3 rings (SSSR count). The van der Waals surface area contributed by atoms with Gasteiger partial charge in [-0.05, 0) is 24.2 Å². The molecule has 2 atom stereocenters. The minimum absolute atomic E-state index is 0.0498. The number of hydrogen-bond acceptors (Lipinski definition) is 1. The molecular formula is C10H10O. The van der Waals surface area contributed by atoms with Gasteiger partial charge >= 0.3 is 0 Å². The second-order valence-electron chi connectivity index (χ2n) is 3.92. The third-order valence-corrected chi connectivity index (χ3v) is 3.46. The van der Waals surface area contributed by atoms with Gasteiger partial charge in [0.2, 0.25) is 0 Å². The smallest absolute Gasteiger partial charge is 0.127 e. The maximum Gasteiger partial charge on any atom is 0.127 e. The van der Waals surface area contributed by atoms with Crippen molar-refractivity contribution in [2.75, 3.05) is 0 Å². The first kappa shape index (κ1) is 5.76. The van der Waals surface area contributed by atoms with E-state index in [1.165, 1.54) is 6.29 Å². The third kappa shape index (κ3) is 0.482. The van der Waals surface area contributed by atoms with Crippen LogP contribution in [-0.2, 0) is 4.79 Å². The van der Waals surface area contributed by atoms with Gasteiger partial charge in [-0.1, -0.05) is 24.3 Å². The van der Waals surface area contributed by atoms with Crippen LogP contribution in [0.5, 0.6) is 0 Å². The van der Waals surface area contributed by atoms with E-state index in [-0.39, 0.29) is 5.41 Å². The number of allylic oxidation sites excluding steroid dienone is 4. The molecule has 1 heteroatoms. The van der Waals surface area contributed by atoms with Crippen LogP contribution in [0.1, 0.15) is 6.42 Å². The van der Waals surface area contributed by atoms with Gasteiger partial charge in [0.1, 0.15) is 6.29 Å². The normalized spacial score (nSPS) is 55.8. The summed E-state index contributed by atoms with van der Waals surface area (Å²) in [5.41, 5.74) is 0.0498. The zero-order valence-corrected chi connectivity index (χ0v) is 6.23. The molecule has 56 valence electrons. The lowest BCUT2D eigenvalue weighted by Gasteiger charge is -2.20. The van der Waals surface area contributed by atoms with Gasteiger partial charge < -0.3 is 4.79 Å². The Morgan fingerprint density at radius 3 is 2.27 bits per heavy atom. The Bertz CT molecular complexity index is 255. The molecule has 0 saturated heterocycles. The Hall–Kier alpha value is -0.850. The molecule has 3 aliphatic rings. The molecule has 0 aromatic carbocycles. The van der Waals surface area contributed by atoms with E-state index in [2.05, 4.69) is 24.3 Å². The molecule has 0 aliphatic heterocycles. The topological polar surface area (TPSA) is 17.1 Å². The second kappa shape index (κ2) is 1.50. The van der Waals surface area contributed by atoms with Crippen LogP contribution in [0.3, 0.4) is 0 Å². The zero-order valence-electron chi connectivity index (χ0n) is 6.23. The Morgan fingerprint density at radius 1 is 1.18 bits per heavy atom. The average molecular weight is 146 g/mol. The van der Waals surface area contributed by atoms with Crippen LogP contribution < -0.4 is 0 Å². The maximum atomic E-state index is 10.8. The fourth-order valence-corrected chi connectivity index (χ4v) is 2.73. The quantitative estimate of drug-likeness (QED) is 0.405. The van der Waals surface area contributed by atoms with Crippen molar-refractivity contribution < 1.29 is 4.79 Å². The fraction of sp³-hybridized carbons (Fsp3) is 0.500. The van der Waals surface area contributed by atoms with Crippen molar-refractivity contribution in [1.82, 2.24) is 0 Å². The third-order valence-electron chi connectivity index (χ3n) is 3.46. The first-order chi connectivity index (χ1) is 5.37. The number of carbonyl (C=O) groups excluding carboxylic acids is 1. The van der Waals surface area contributed by atoms with Gasteiger partial charge in [0.05, 0.1) is 0 Å². The van der Waals surface area contributed by atoms with Gasteiger partial charge in [-0.15, -0.1) is 0 Å². The highest BCUT2D eigenvalue weighted by atomic mass is 16.1. The maximum absolute atomic E-state index is 10.8. The predicted octanol–water partition coefficient (Wildman–Crippen LogP) is 1.56. The highest BCUT2D eigenvalue weighted by Gasteiger charge is 2.64. The molecule has 0 amide bonds. The molecule has 1 nitrogen and oxygen atoms in total. The monoisotopic (exact) mass is 146 g/mol. The minimum Gasteiger partial charge on any atom is -0.303 e. The van der Waals surface area contributed by atoms with Gasteiger partial charge in [-0.2, -0.15) is 0 Å². The highest BCUT2D eigenvalue weighted by molar-refractivity contribution is 5.70. The second-order valence-corrected chi connectivity index (χ2v) is 3.92. The van der Waals surface area contributed by atoms with Crippen molar-refractivity contribution in [3.8, 4) is 0 Å². The van der Waals surface area contributed by atoms with E-state index in [0.29, 0.717) is 17.8 Å². The summed E-state index contributed by atoms with van der Waals surface area (Å²) in [7, 11) is 0. The predicted molar refractivity (Wildman–Crippen MR) is 41.9 cm³/mol. The molecule has 0 N–H and O–H groups in total. The van der Waals surface area contributed by atoms with Crippen LogP contribution in [-0.4, -0.2) is 6.29 Å². The molecule has 0 heterocycles. The Balaban J connectivity index is 2.14. The van der Waals surface area contributed by atoms with Crippen molar-refractivity contribution in [2.45, 2.75) is 6.42 Å². The van der Waals surface area contributed by atoms with Gasteiger partial charge in [-0.3, -0.25) is 0 Å². The summed E-state index contributed by atoms with van der Waals surface area (Å²) in [5.74, 6) is 1.65. The van der Waals surface area contributed by atoms with Crippen molar-refractivity contribution >= 4 is 6.29 Å². The van der Waals surface area contributed by atoms with Crippen molar-refractivity contribution in [3.63, 3.8) is 0 Å². The largest absolute Gasteiger partial charge is 0.303 e. The Labute approximate surface area is 65.8 Å². The molecule has 11 heavy (non-hydrogen) atoms. The van der Waals surface area contributed by atoms with Crippen molar-refractivity contribution in [3.05, 3.63) is 24.3 Å². The van der Waals surface area contributed by atoms with Crippen LogP contribution in [0.15, 0.2) is 24.3 Å². The number of carbonyl (C=O) groups is 1. The number of aldehydes is 1. The van der Waals surface area contributed by atoms with Crippen LogP contribution in [0.2, 0.25) is 0 Å². The average Bonchev–Trinajstić information content (AvgIpc) is 2.76. The molecular weight excluding hydrogens is 136 g/mol. The molecule has 0 radical (unpaired) electrons.